The lowest BCUT2D eigenvalue weighted by molar-refractivity contribution is -0.384. The first-order valence-electron chi connectivity index (χ1n) is 9.42. The number of rotatable bonds is 8. The van der Waals surface area contributed by atoms with Crippen molar-refractivity contribution in [3.8, 4) is 5.82 Å². The number of hydrazone groups is 1. The number of thioether (sulfide) groups is 1. The quantitative estimate of drug-likeness (QED) is 0.158. The highest BCUT2D eigenvalue weighted by Crippen LogP contribution is 2.26. The normalized spacial score (nSPS) is 11.1. The molecule has 4 aromatic rings. The van der Waals surface area contributed by atoms with E-state index in [4.69, 9.17) is 17.3 Å². The van der Waals surface area contributed by atoms with Gasteiger partial charge < -0.3 is 5.73 Å². The summed E-state index contributed by atoms with van der Waals surface area (Å²) < 4.78 is 5.90. The van der Waals surface area contributed by atoms with Crippen LogP contribution >= 0.6 is 23.4 Å². The summed E-state index contributed by atoms with van der Waals surface area (Å²) in [6.07, 6.45) is 1.24. The second-order valence-corrected chi connectivity index (χ2v) is 7.99. The third-order valence-electron chi connectivity index (χ3n) is 4.34. The number of hydrogen-bond acceptors (Lipinski definition) is 11. The minimum Gasteiger partial charge on any atom is -0.378 e. The van der Waals surface area contributed by atoms with Gasteiger partial charge in [0.1, 0.15) is 5.02 Å². The fourth-order valence-corrected chi connectivity index (χ4v) is 3.85. The molecule has 2 aromatic carbocycles. The van der Waals surface area contributed by atoms with E-state index in [1.807, 2.05) is 30.3 Å². The molecule has 2 heterocycles. The lowest BCUT2D eigenvalue weighted by atomic mass is 10.2. The molecule has 0 bridgehead atoms. The fraction of sp³-hybridized carbons (Fsp3) is 0.0526. The molecule has 0 fully saturated rings. The summed E-state index contributed by atoms with van der Waals surface area (Å²) in [5.41, 5.74) is 8.55. The minimum absolute atomic E-state index is 0.00928. The number of hydrogen-bond donors (Lipinski definition) is 2. The van der Waals surface area contributed by atoms with E-state index in [1.165, 1.54) is 40.9 Å². The van der Waals surface area contributed by atoms with Crippen molar-refractivity contribution in [1.29, 1.82) is 0 Å². The molecule has 0 aliphatic carbocycles. The lowest BCUT2D eigenvalue weighted by Gasteiger charge is -2.05. The van der Waals surface area contributed by atoms with Crippen molar-refractivity contribution in [2.24, 2.45) is 5.10 Å². The lowest BCUT2D eigenvalue weighted by Crippen LogP contribution is -2.20. The number of carbonyl (C=O) groups excluding carboxylic acids is 1. The maximum atomic E-state index is 12.8. The summed E-state index contributed by atoms with van der Waals surface area (Å²) in [5, 5.41) is 30.0. The second kappa shape index (κ2) is 10.1. The molecule has 0 atom stereocenters. The van der Waals surface area contributed by atoms with Crippen molar-refractivity contribution < 1.29 is 14.3 Å². The van der Waals surface area contributed by atoms with Gasteiger partial charge in [0.15, 0.2) is 5.69 Å². The summed E-state index contributed by atoms with van der Waals surface area (Å²) >= 11 is 7.24. The Kier molecular flexibility index (Phi) is 6.79. The Morgan fingerprint density at radius 1 is 1.29 bits per heavy atom. The van der Waals surface area contributed by atoms with E-state index in [1.54, 1.807) is 0 Å². The zero-order valence-electron chi connectivity index (χ0n) is 17.0. The van der Waals surface area contributed by atoms with Crippen LogP contribution in [0.25, 0.3) is 5.82 Å². The van der Waals surface area contributed by atoms with Crippen molar-refractivity contribution in [3.05, 3.63) is 80.6 Å². The van der Waals surface area contributed by atoms with Crippen LogP contribution in [-0.2, 0) is 5.75 Å². The minimum atomic E-state index is -0.662. The zero-order chi connectivity index (χ0) is 24.1. The van der Waals surface area contributed by atoms with Crippen LogP contribution in [0.2, 0.25) is 5.02 Å². The van der Waals surface area contributed by atoms with Gasteiger partial charge in [-0.15, -0.1) is 16.9 Å². The highest BCUT2D eigenvalue weighted by Gasteiger charge is 2.24. The number of carbonyl (C=O) groups is 1. The molecular weight excluding hydrogens is 486 g/mol. The van der Waals surface area contributed by atoms with Crippen molar-refractivity contribution in [2.45, 2.75) is 10.6 Å². The number of halogens is 1. The third kappa shape index (κ3) is 5.02. The number of nitro groups is 1. The monoisotopic (exact) mass is 499 g/mol. The molecular formula is C19H14ClN9O4S. The Labute approximate surface area is 200 Å². The zero-order valence-corrected chi connectivity index (χ0v) is 18.6. The van der Waals surface area contributed by atoms with Crippen LogP contribution in [0.5, 0.6) is 0 Å². The van der Waals surface area contributed by atoms with Gasteiger partial charge >= 0.3 is 0 Å². The third-order valence-corrected chi connectivity index (χ3v) is 5.68. The predicted molar refractivity (Wildman–Crippen MR) is 123 cm³/mol. The van der Waals surface area contributed by atoms with Crippen molar-refractivity contribution in [2.75, 3.05) is 5.73 Å². The van der Waals surface area contributed by atoms with E-state index in [-0.39, 0.29) is 28.0 Å². The molecule has 15 heteroatoms. The maximum absolute atomic E-state index is 12.8. The van der Waals surface area contributed by atoms with E-state index in [9.17, 15) is 14.9 Å². The predicted octanol–water partition coefficient (Wildman–Crippen LogP) is 2.85. The van der Waals surface area contributed by atoms with Crippen LogP contribution in [0.15, 0.2) is 63.2 Å². The Morgan fingerprint density at radius 2 is 2.09 bits per heavy atom. The molecule has 0 saturated heterocycles. The summed E-state index contributed by atoms with van der Waals surface area (Å²) in [4.78, 5) is 24.2. The standard InChI is InChI=1S/C19H14ClN9O4S/c20-13-7-6-11(8-14(13)29(31)32)9-22-24-19(30)16-15(10-34-12-4-2-1-3-5-12)28(27-23-16)18-17(21)25-33-26-18/h1-9H,10H2,(H2,21,25)(H,24,30)/b22-9+. The van der Waals surface area contributed by atoms with Gasteiger partial charge in [-0.05, 0) is 28.5 Å². The molecule has 4 rings (SSSR count). The largest absolute Gasteiger partial charge is 0.378 e. The topological polar surface area (TPSA) is 180 Å². The number of nitrogens with one attached hydrogen (secondary N) is 1. The van der Waals surface area contributed by atoms with E-state index < -0.39 is 10.8 Å². The number of nitrogens with two attached hydrogens (primary N) is 1. The van der Waals surface area contributed by atoms with E-state index in [0.29, 0.717) is 17.0 Å². The second-order valence-electron chi connectivity index (χ2n) is 6.54. The molecule has 34 heavy (non-hydrogen) atoms. The molecule has 3 N–H and O–H groups in total. The molecule has 0 unspecified atom stereocenters. The molecule has 0 aliphatic heterocycles. The van der Waals surface area contributed by atoms with Crippen molar-refractivity contribution >= 4 is 47.0 Å². The van der Waals surface area contributed by atoms with Gasteiger partial charge in [-0.25, -0.2) is 10.1 Å². The van der Waals surface area contributed by atoms with Gasteiger partial charge in [0.2, 0.25) is 11.6 Å². The smallest absolute Gasteiger partial charge is 0.293 e. The van der Waals surface area contributed by atoms with Crippen molar-refractivity contribution in [3.63, 3.8) is 0 Å². The van der Waals surface area contributed by atoms with Gasteiger partial charge in [-0.1, -0.05) is 41.1 Å². The first kappa shape index (κ1) is 22.9. The number of aromatic nitrogens is 5. The Morgan fingerprint density at radius 3 is 2.79 bits per heavy atom. The highest BCUT2D eigenvalue weighted by molar-refractivity contribution is 7.98. The molecule has 2 aromatic heterocycles. The molecule has 0 radical (unpaired) electrons. The van der Waals surface area contributed by atoms with Crippen LogP contribution in [0.3, 0.4) is 0 Å². The van der Waals surface area contributed by atoms with E-state index >= 15 is 0 Å². The Bertz CT molecular complexity index is 1370. The molecule has 13 nitrogen and oxygen atoms in total. The number of nitrogen functional groups attached to an aromatic ring is 1. The molecule has 0 spiro atoms. The van der Waals surface area contributed by atoms with Crippen molar-refractivity contribution in [1.82, 2.24) is 30.7 Å². The van der Waals surface area contributed by atoms with Crippen LogP contribution in [0, 0.1) is 10.1 Å². The summed E-state index contributed by atoms with van der Waals surface area (Å²) in [6, 6.07) is 13.6. The van der Waals surface area contributed by atoms with Crippen LogP contribution in [0.4, 0.5) is 11.5 Å². The number of nitro benzene ring substituents is 1. The number of anilines is 1. The number of amides is 1. The Hall–Kier alpha value is -4.30. The number of nitrogens with zero attached hydrogens (tertiary/aromatic N) is 7. The highest BCUT2D eigenvalue weighted by atomic mass is 35.5. The molecule has 0 saturated carbocycles. The van der Waals surface area contributed by atoms with Crippen LogP contribution in [-0.4, -0.2) is 42.4 Å². The summed E-state index contributed by atoms with van der Waals surface area (Å²) in [6.45, 7) is 0. The summed E-state index contributed by atoms with van der Waals surface area (Å²) in [7, 11) is 0. The van der Waals surface area contributed by atoms with Gasteiger partial charge in [-0.3, -0.25) is 14.9 Å². The van der Waals surface area contributed by atoms with Gasteiger partial charge in [0, 0.05) is 22.3 Å². The molecule has 1 amide bonds. The van der Waals surface area contributed by atoms with Gasteiger partial charge in [0.25, 0.3) is 11.6 Å². The average molecular weight is 500 g/mol. The summed E-state index contributed by atoms with van der Waals surface area (Å²) in [5.74, 6) is -0.305. The van der Waals surface area contributed by atoms with E-state index in [2.05, 4.69) is 35.8 Å². The van der Waals surface area contributed by atoms with Gasteiger partial charge in [0.05, 0.1) is 16.8 Å². The fourth-order valence-electron chi connectivity index (χ4n) is 2.75. The first-order valence-corrected chi connectivity index (χ1v) is 10.8. The molecule has 0 aliphatic rings. The van der Waals surface area contributed by atoms with E-state index in [0.717, 1.165) is 4.90 Å². The maximum Gasteiger partial charge on any atom is 0.293 e. The Balaban J connectivity index is 1.56. The average Bonchev–Trinajstić information content (AvgIpc) is 3.44. The van der Waals surface area contributed by atoms with Crippen LogP contribution in [0.1, 0.15) is 21.7 Å². The number of benzene rings is 2. The SMILES string of the molecule is Nc1nonc1-n1nnc(C(=O)N/N=C/c2ccc(Cl)c([N+](=O)[O-])c2)c1CSc1ccccc1. The van der Waals surface area contributed by atoms with Gasteiger partial charge in [-0.2, -0.15) is 9.78 Å². The molecule has 172 valence electrons. The first-order chi connectivity index (χ1) is 16.4. The van der Waals surface area contributed by atoms with Crippen LogP contribution < -0.4 is 11.2 Å².